The molecule has 0 saturated heterocycles. The van der Waals surface area contributed by atoms with Crippen molar-refractivity contribution in [2.24, 2.45) is 5.92 Å². The predicted molar refractivity (Wildman–Crippen MR) is 84.1 cm³/mol. The fourth-order valence-corrected chi connectivity index (χ4v) is 2.21. The van der Waals surface area contributed by atoms with Crippen molar-refractivity contribution < 1.29 is 14.7 Å². The number of para-hydroxylation sites is 1. The first-order chi connectivity index (χ1) is 9.90. The molecule has 7 heteroatoms. The van der Waals surface area contributed by atoms with Crippen molar-refractivity contribution in [3.63, 3.8) is 0 Å². The number of rotatable bonds is 7. The van der Waals surface area contributed by atoms with Gasteiger partial charge in [-0.2, -0.15) is 0 Å². The molecule has 0 aliphatic carbocycles. The Bertz CT molecular complexity index is 489. The number of amides is 2. The van der Waals surface area contributed by atoms with E-state index in [-0.39, 0.29) is 12.3 Å². The van der Waals surface area contributed by atoms with Crippen molar-refractivity contribution in [2.45, 2.75) is 26.2 Å². The summed E-state index contributed by atoms with van der Waals surface area (Å²) in [6.07, 6.45) is 1.44. The summed E-state index contributed by atoms with van der Waals surface area (Å²) in [6, 6.07) is 4.57. The van der Waals surface area contributed by atoms with E-state index in [1.807, 2.05) is 6.92 Å². The number of nitrogens with one attached hydrogen (secondary N) is 2. The van der Waals surface area contributed by atoms with Crippen LogP contribution in [0.2, 0.25) is 10.0 Å². The second kappa shape index (κ2) is 8.74. The molecule has 0 aliphatic heterocycles. The van der Waals surface area contributed by atoms with Gasteiger partial charge < -0.3 is 15.7 Å². The minimum atomic E-state index is -0.805. The van der Waals surface area contributed by atoms with Gasteiger partial charge in [-0.25, -0.2) is 4.79 Å². The molecule has 0 aliphatic rings. The Labute approximate surface area is 133 Å². The van der Waals surface area contributed by atoms with Crippen LogP contribution in [0.15, 0.2) is 18.2 Å². The number of carbonyl (C=O) groups excluding carboxylic acids is 1. The highest BCUT2D eigenvalue weighted by Gasteiger charge is 2.10. The minimum Gasteiger partial charge on any atom is -0.481 e. The van der Waals surface area contributed by atoms with Gasteiger partial charge in [-0.05, 0) is 30.9 Å². The van der Waals surface area contributed by atoms with E-state index in [0.29, 0.717) is 35.1 Å². The Hall–Kier alpha value is -1.46. The smallest absolute Gasteiger partial charge is 0.319 e. The maximum absolute atomic E-state index is 11.7. The number of hydrogen-bond donors (Lipinski definition) is 3. The number of anilines is 1. The number of carboxylic acids is 1. The molecule has 0 saturated carbocycles. The summed E-state index contributed by atoms with van der Waals surface area (Å²) in [7, 11) is 0. The zero-order chi connectivity index (χ0) is 15.8. The van der Waals surface area contributed by atoms with Crippen LogP contribution < -0.4 is 10.6 Å². The van der Waals surface area contributed by atoms with Crippen molar-refractivity contribution in [1.29, 1.82) is 0 Å². The first kappa shape index (κ1) is 17.6. The molecule has 3 N–H and O–H groups in total. The summed E-state index contributed by atoms with van der Waals surface area (Å²) >= 11 is 11.9. The van der Waals surface area contributed by atoms with E-state index >= 15 is 0 Å². The number of halogens is 2. The van der Waals surface area contributed by atoms with Crippen molar-refractivity contribution >= 4 is 40.9 Å². The Balaban J connectivity index is 2.33. The average Bonchev–Trinajstić information content (AvgIpc) is 2.41. The highest BCUT2D eigenvalue weighted by molar-refractivity contribution is 6.39. The lowest BCUT2D eigenvalue weighted by molar-refractivity contribution is -0.137. The van der Waals surface area contributed by atoms with Crippen molar-refractivity contribution in [3.05, 3.63) is 28.2 Å². The summed E-state index contributed by atoms with van der Waals surface area (Å²) in [6.45, 7) is 2.40. The molecular weight excluding hydrogens is 315 g/mol. The summed E-state index contributed by atoms with van der Waals surface area (Å²) < 4.78 is 0. The van der Waals surface area contributed by atoms with Gasteiger partial charge in [0.15, 0.2) is 0 Å². The van der Waals surface area contributed by atoms with Gasteiger partial charge in [-0.1, -0.05) is 36.2 Å². The summed E-state index contributed by atoms with van der Waals surface area (Å²) in [5.41, 5.74) is 0.372. The zero-order valence-electron chi connectivity index (χ0n) is 11.7. The summed E-state index contributed by atoms with van der Waals surface area (Å²) in [5, 5.41) is 14.6. The third kappa shape index (κ3) is 6.69. The highest BCUT2D eigenvalue weighted by atomic mass is 35.5. The van der Waals surface area contributed by atoms with E-state index in [4.69, 9.17) is 28.3 Å². The van der Waals surface area contributed by atoms with E-state index in [2.05, 4.69) is 10.6 Å². The molecule has 0 heterocycles. The van der Waals surface area contributed by atoms with Crippen LogP contribution in [0.3, 0.4) is 0 Å². The molecule has 0 aromatic heterocycles. The van der Waals surface area contributed by atoms with Crippen LogP contribution >= 0.6 is 23.2 Å². The second-order valence-electron chi connectivity index (χ2n) is 4.80. The van der Waals surface area contributed by atoms with Gasteiger partial charge in [0.2, 0.25) is 0 Å². The van der Waals surface area contributed by atoms with Gasteiger partial charge >= 0.3 is 12.0 Å². The van der Waals surface area contributed by atoms with E-state index in [1.165, 1.54) is 0 Å². The Morgan fingerprint density at radius 3 is 2.43 bits per heavy atom. The monoisotopic (exact) mass is 332 g/mol. The van der Waals surface area contributed by atoms with Crippen molar-refractivity contribution in [3.8, 4) is 0 Å². The van der Waals surface area contributed by atoms with Crippen LogP contribution in [-0.4, -0.2) is 23.7 Å². The van der Waals surface area contributed by atoms with Crippen LogP contribution in [0.5, 0.6) is 0 Å². The maximum Gasteiger partial charge on any atom is 0.319 e. The molecule has 1 rings (SSSR count). The highest BCUT2D eigenvalue weighted by Crippen LogP contribution is 2.29. The normalized spacial score (nSPS) is 11.8. The number of hydrogen-bond acceptors (Lipinski definition) is 2. The first-order valence-corrected chi connectivity index (χ1v) is 7.36. The first-order valence-electron chi connectivity index (χ1n) is 6.60. The SMILES string of the molecule is CC(CCNC(=O)Nc1c(Cl)cccc1Cl)CCC(=O)O. The molecule has 0 bridgehead atoms. The van der Waals surface area contributed by atoms with E-state index in [0.717, 1.165) is 0 Å². The molecule has 0 fully saturated rings. The van der Waals surface area contributed by atoms with Gasteiger partial charge in [0.1, 0.15) is 0 Å². The predicted octanol–water partition coefficient (Wildman–Crippen LogP) is 4.01. The van der Waals surface area contributed by atoms with Crippen LogP contribution in [0.4, 0.5) is 10.5 Å². The molecule has 2 amide bonds. The molecule has 0 spiro atoms. The fraction of sp³-hybridized carbons (Fsp3) is 0.429. The topological polar surface area (TPSA) is 78.4 Å². The van der Waals surface area contributed by atoms with Gasteiger partial charge in [0.25, 0.3) is 0 Å². The fourth-order valence-electron chi connectivity index (χ4n) is 1.72. The number of carbonyl (C=O) groups is 2. The number of benzene rings is 1. The lowest BCUT2D eigenvalue weighted by Gasteiger charge is -2.12. The second-order valence-corrected chi connectivity index (χ2v) is 5.62. The van der Waals surface area contributed by atoms with Crippen molar-refractivity contribution in [1.82, 2.24) is 5.32 Å². The molecular formula is C14H18Cl2N2O3. The number of aliphatic carboxylic acids is 1. The van der Waals surface area contributed by atoms with Crippen LogP contribution in [-0.2, 0) is 4.79 Å². The standard InChI is InChI=1S/C14H18Cl2N2O3/c1-9(5-6-12(19)20)7-8-17-14(21)18-13-10(15)3-2-4-11(13)16/h2-4,9H,5-8H2,1H3,(H,19,20)(H2,17,18,21). The molecule has 1 atom stereocenters. The maximum atomic E-state index is 11.7. The molecule has 1 unspecified atom stereocenters. The third-order valence-corrected chi connectivity index (χ3v) is 3.60. The average molecular weight is 333 g/mol. The number of urea groups is 1. The summed E-state index contributed by atoms with van der Waals surface area (Å²) in [4.78, 5) is 22.2. The largest absolute Gasteiger partial charge is 0.481 e. The Morgan fingerprint density at radius 2 is 1.86 bits per heavy atom. The Morgan fingerprint density at radius 1 is 1.24 bits per heavy atom. The molecule has 0 radical (unpaired) electrons. The van der Waals surface area contributed by atoms with E-state index in [9.17, 15) is 9.59 Å². The lowest BCUT2D eigenvalue weighted by Crippen LogP contribution is -2.30. The van der Waals surface area contributed by atoms with Crippen molar-refractivity contribution in [2.75, 3.05) is 11.9 Å². The van der Waals surface area contributed by atoms with E-state index < -0.39 is 12.0 Å². The molecule has 5 nitrogen and oxygen atoms in total. The van der Waals surface area contributed by atoms with Gasteiger partial charge in [-0.3, -0.25) is 4.79 Å². The van der Waals surface area contributed by atoms with E-state index in [1.54, 1.807) is 18.2 Å². The molecule has 1 aromatic rings. The van der Waals surface area contributed by atoms with Gasteiger partial charge in [0.05, 0.1) is 15.7 Å². The number of carboxylic acid groups (broad SMARTS) is 1. The summed E-state index contributed by atoms with van der Waals surface area (Å²) in [5.74, 6) is -0.578. The zero-order valence-corrected chi connectivity index (χ0v) is 13.2. The van der Waals surface area contributed by atoms with Gasteiger partial charge in [0, 0.05) is 13.0 Å². The van der Waals surface area contributed by atoms with Crippen LogP contribution in [0.25, 0.3) is 0 Å². The lowest BCUT2D eigenvalue weighted by atomic mass is 10.0. The van der Waals surface area contributed by atoms with Gasteiger partial charge in [-0.15, -0.1) is 0 Å². The quantitative estimate of drug-likeness (QED) is 0.705. The molecule has 1 aromatic carbocycles. The van der Waals surface area contributed by atoms with Crippen LogP contribution in [0.1, 0.15) is 26.2 Å². The molecule has 21 heavy (non-hydrogen) atoms. The Kier molecular flexibility index (Phi) is 7.32. The third-order valence-electron chi connectivity index (χ3n) is 2.97. The molecule has 116 valence electrons. The minimum absolute atomic E-state index is 0.141. The van der Waals surface area contributed by atoms with Crippen LogP contribution in [0, 0.1) is 5.92 Å².